The van der Waals surface area contributed by atoms with E-state index in [9.17, 15) is 4.79 Å². The predicted molar refractivity (Wildman–Crippen MR) is 66.8 cm³/mol. The van der Waals surface area contributed by atoms with Crippen molar-refractivity contribution in [1.82, 2.24) is 0 Å². The minimum Gasteiger partial charge on any atom is -0.481 e. The minimum absolute atomic E-state index is 0.117. The van der Waals surface area contributed by atoms with Crippen molar-refractivity contribution in [2.75, 3.05) is 6.61 Å². The van der Waals surface area contributed by atoms with E-state index in [1.807, 2.05) is 13.8 Å². The van der Waals surface area contributed by atoms with E-state index in [0.717, 1.165) is 12.8 Å². The summed E-state index contributed by atoms with van der Waals surface area (Å²) in [5, 5.41) is 9.12. The molecule has 1 aliphatic rings. The number of aliphatic carboxylic acids is 1. The molecule has 0 aromatic rings. The van der Waals surface area contributed by atoms with Crippen LogP contribution in [0.25, 0.3) is 0 Å². The first-order valence-electron chi connectivity index (χ1n) is 6.30. The Morgan fingerprint density at radius 2 is 2.18 bits per heavy atom. The first-order chi connectivity index (χ1) is 7.68. The Morgan fingerprint density at radius 3 is 2.59 bits per heavy atom. The average molecular weight is 243 g/mol. The van der Waals surface area contributed by atoms with Crippen LogP contribution < -0.4 is 5.73 Å². The predicted octanol–water partition coefficient (Wildman–Crippen LogP) is 2.02. The van der Waals surface area contributed by atoms with Crippen LogP contribution in [-0.4, -0.2) is 29.3 Å². The van der Waals surface area contributed by atoms with Crippen LogP contribution >= 0.6 is 0 Å². The SMILES string of the molecule is CC(C)C1CC(CC(=O)O)(C(C)(C)N)CCO1. The number of nitrogens with two attached hydrogens (primary N) is 1. The first kappa shape index (κ1) is 14.5. The zero-order valence-corrected chi connectivity index (χ0v) is 11.3. The molecule has 0 radical (unpaired) electrons. The molecule has 1 saturated heterocycles. The van der Waals surface area contributed by atoms with E-state index in [1.165, 1.54) is 0 Å². The number of carboxylic acid groups (broad SMARTS) is 1. The van der Waals surface area contributed by atoms with Gasteiger partial charge in [-0.15, -0.1) is 0 Å². The van der Waals surface area contributed by atoms with Gasteiger partial charge in [0.1, 0.15) is 0 Å². The van der Waals surface area contributed by atoms with E-state index in [2.05, 4.69) is 13.8 Å². The van der Waals surface area contributed by atoms with Crippen LogP contribution in [0.15, 0.2) is 0 Å². The minimum atomic E-state index is -0.770. The summed E-state index contributed by atoms with van der Waals surface area (Å²) in [6, 6.07) is 0. The Bertz CT molecular complexity index is 283. The number of rotatable bonds is 4. The van der Waals surface area contributed by atoms with Gasteiger partial charge in [0.05, 0.1) is 12.5 Å². The van der Waals surface area contributed by atoms with Crippen LogP contribution in [0.3, 0.4) is 0 Å². The molecule has 0 aliphatic carbocycles. The molecule has 2 unspecified atom stereocenters. The smallest absolute Gasteiger partial charge is 0.303 e. The molecule has 0 bridgehead atoms. The second-order valence-corrected chi connectivity index (χ2v) is 6.18. The Kier molecular flexibility index (Phi) is 4.20. The Balaban J connectivity index is 2.94. The van der Waals surface area contributed by atoms with Crippen molar-refractivity contribution in [3.8, 4) is 0 Å². The maximum atomic E-state index is 11.1. The van der Waals surface area contributed by atoms with Gasteiger partial charge in [0.2, 0.25) is 0 Å². The van der Waals surface area contributed by atoms with Gasteiger partial charge in [-0.05, 0) is 32.6 Å². The molecule has 17 heavy (non-hydrogen) atoms. The summed E-state index contributed by atoms with van der Waals surface area (Å²) < 4.78 is 5.72. The summed E-state index contributed by atoms with van der Waals surface area (Å²) in [6.07, 6.45) is 1.71. The van der Waals surface area contributed by atoms with Gasteiger partial charge >= 0.3 is 5.97 Å². The first-order valence-corrected chi connectivity index (χ1v) is 6.30. The van der Waals surface area contributed by atoms with E-state index in [0.29, 0.717) is 12.5 Å². The van der Waals surface area contributed by atoms with E-state index in [-0.39, 0.29) is 17.9 Å². The quantitative estimate of drug-likeness (QED) is 0.792. The molecule has 3 N–H and O–H groups in total. The molecule has 4 heteroatoms. The van der Waals surface area contributed by atoms with Crippen LogP contribution in [-0.2, 0) is 9.53 Å². The van der Waals surface area contributed by atoms with Gasteiger partial charge in [0.25, 0.3) is 0 Å². The van der Waals surface area contributed by atoms with Crippen molar-refractivity contribution >= 4 is 5.97 Å². The lowest BCUT2D eigenvalue weighted by molar-refractivity contribution is -0.147. The zero-order chi connectivity index (χ0) is 13.3. The van der Waals surface area contributed by atoms with Gasteiger partial charge in [0.15, 0.2) is 0 Å². The number of hydrogen-bond acceptors (Lipinski definition) is 3. The number of ether oxygens (including phenoxy) is 1. The van der Waals surface area contributed by atoms with Gasteiger partial charge in [-0.1, -0.05) is 13.8 Å². The zero-order valence-electron chi connectivity index (χ0n) is 11.3. The lowest BCUT2D eigenvalue weighted by atomic mass is 9.62. The van der Waals surface area contributed by atoms with Crippen molar-refractivity contribution in [2.45, 2.75) is 58.6 Å². The largest absolute Gasteiger partial charge is 0.481 e. The third-order valence-corrected chi connectivity index (χ3v) is 4.10. The van der Waals surface area contributed by atoms with E-state index in [1.54, 1.807) is 0 Å². The van der Waals surface area contributed by atoms with Crippen LogP contribution in [0, 0.1) is 11.3 Å². The highest BCUT2D eigenvalue weighted by atomic mass is 16.5. The van der Waals surface area contributed by atoms with Crippen LogP contribution in [0.4, 0.5) is 0 Å². The standard InChI is InChI=1S/C13H25NO3/c1-9(2)10-7-13(5-6-17-10,8-11(15)16)12(3,4)14/h9-10H,5-8,14H2,1-4H3,(H,15,16). The summed E-state index contributed by atoms with van der Waals surface area (Å²) in [6.45, 7) is 8.67. The fraction of sp³-hybridized carbons (Fsp3) is 0.923. The molecule has 1 aliphatic heterocycles. The molecule has 1 fully saturated rings. The van der Waals surface area contributed by atoms with Gasteiger partial charge < -0.3 is 15.6 Å². The molecular weight excluding hydrogens is 218 g/mol. The Morgan fingerprint density at radius 1 is 1.59 bits per heavy atom. The summed E-state index contributed by atoms with van der Waals surface area (Å²) >= 11 is 0. The third kappa shape index (κ3) is 3.19. The molecule has 1 heterocycles. The maximum Gasteiger partial charge on any atom is 0.303 e. The molecule has 2 atom stereocenters. The van der Waals surface area contributed by atoms with Gasteiger partial charge in [0, 0.05) is 17.6 Å². The van der Waals surface area contributed by atoms with Crippen molar-refractivity contribution in [1.29, 1.82) is 0 Å². The second kappa shape index (κ2) is 4.94. The number of hydrogen-bond donors (Lipinski definition) is 2. The van der Waals surface area contributed by atoms with Crippen molar-refractivity contribution in [3.63, 3.8) is 0 Å². The van der Waals surface area contributed by atoms with Crippen molar-refractivity contribution in [3.05, 3.63) is 0 Å². The van der Waals surface area contributed by atoms with E-state index < -0.39 is 11.5 Å². The molecule has 0 aromatic heterocycles. The normalized spacial score (nSPS) is 30.6. The summed E-state index contributed by atoms with van der Waals surface area (Å²) in [7, 11) is 0. The van der Waals surface area contributed by atoms with Crippen molar-refractivity contribution in [2.24, 2.45) is 17.1 Å². The average Bonchev–Trinajstić information content (AvgIpc) is 2.15. The number of carboxylic acids is 1. The Hall–Kier alpha value is -0.610. The second-order valence-electron chi connectivity index (χ2n) is 6.18. The molecule has 0 aromatic carbocycles. The van der Waals surface area contributed by atoms with Crippen LogP contribution in [0.1, 0.15) is 47.0 Å². The summed E-state index contributed by atoms with van der Waals surface area (Å²) in [5.41, 5.74) is 5.38. The lowest BCUT2D eigenvalue weighted by Gasteiger charge is -2.49. The molecule has 4 nitrogen and oxygen atoms in total. The molecule has 100 valence electrons. The topological polar surface area (TPSA) is 72.5 Å². The monoisotopic (exact) mass is 243 g/mol. The molecule has 0 saturated carbocycles. The van der Waals surface area contributed by atoms with Crippen LogP contribution in [0.5, 0.6) is 0 Å². The Labute approximate surface area is 104 Å². The van der Waals surface area contributed by atoms with Crippen LogP contribution in [0.2, 0.25) is 0 Å². The van der Waals surface area contributed by atoms with Gasteiger partial charge in [-0.3, -0.25) is 4.79 Å². The number of carbonyl (C=O) groups is 1. The lowest BCUT2D eigenvalue weighted by Crippen LogP contribution is -2.56. The molecule has 0 spiro atoms. The molecule has 0 amide bonds. The van der Waals surface area contributed by atoms with Crippen molar-refractivity contribution < 1.29 is 14.6 Å². The molecule has 1 rings (SSSR count). The third-order valence-electron chi connectivity index (χ3n) is 4.10. The fourth-order valence-corrected chi connectivity index (χ4v) is 2.64. The highest BCUT2D eigenvalue weighted by molar-refractivity contribution is 5.68. The fourth-order valence-electron chi connectivity index (χ4n) is 2.64. The van der Waals surface area contributed by atoms with Gasteiger partial charge in [-0.25, -0.2) is 0 Å². The summed E-state index contributed by atoms with van der Waals surface area (Å²) in [5.74, 6) is -0.376. The maximum absolute atomic E-state index is 11.1. The van der Waals surface area contributed by atoms with E-state index >= 15 is 0 Å². The highest BCUT2D eigenvalue weighted by Gasteiger charge is 2.48. The highest BCUT2D eigenvalue weighted by Crippen LogP contribution is 2.45. The van der Waals surface area contributed by atoms with Gasteiger partial charge in [-0.2, -0.15) is 0 Å². The summed E-state index contributed by atoms with van der Waals surface area (Å²) in [4.78, 5) is 11.1. The van der Waals surface area contributed by atoms with E-state index in [4.69, 9.17) is 15.6 Å². The molecular formula is C13H25NO3.